The third-order valence-corrected chi connectivity index (χ3v) is 6.45. The lowest BCUT2D eigenvalue weighted by molar-refractivity contribution is -0.889. The molecule has 44 heavy (non-hydrogen) atoms. The van der Waals surface area contributed by atoms with E-state index in [9.17, 15) is 19.5 Å². The van der Waals surface area contributed by atoms with Gasteiger partial charge in [0.2, 0.25) is 0 Å². The maximum absolute atomic E-state index is 12.5. The smallest absolute Gasteiger partial charge is 0.306 e. The number of unbranched alkanes of at least 4 members (excludes halogenated alkanes) is 3. The first kappa shape index (κ1) is 40.8. The summed E-state index contributed by atoms with van der Waals surface area (Å²) in [5, 5.41) is 11.5. The molecule has 248 valence electrons. The number of esters is 2. The molecule has 0 saturated heterocycles. The topological polar surface area (TPSA) is 102 Å². The second-order valence-electron chi connectivity index (χ2n) is 11.4. The summed E-state index contributed by atoms with van der Waals surface area (Å²) >= 11 is 0. The van der Waals surface area contributed by atoms with E-state index in [1.165, 1.54) is 0 Å². The highest BCUT2D eigenvalue weighted by Crippen LogP contribution is 2.10. The van der Waals surface area contributed by atoms with Crippen LogP contribution >= 0.6 is 0 Å². The Hall–Kier alpha value is -3.23. The number of carboxylic acid groups (broad SMARTS) is 1. The number of carbonyl (C=O) groups excluding carboxylic acids is 3. The van der Waals surface area contributed by atoms with Gasteiger partial charge in [-0.3, -0.25) is 9.59 Å². The Balaban J connectivity index is 4.65. The predicted molar refractivity (Wildman–Crippen MR) is 175 cm³/mol. The molecule has 0 amide bonds. The van der Waals surface area contributed by atoms with Gasteiger partial charge in [-0.05, 0) is 44.9 Å². The number of rotatable bonds is 26. The highest BCUT2D eigenvalue weighted by Gasteiger charge is 2.25. The van der Waals surface area contributed by atoms with E-state index in [2.05, 4.69) is 38.2 Å². The molecule has 0 N–H and O–H groups in total. The van der Waals surface area contributed by atoms with Crippen molar-refractivity contribution in [3.05, 3.63) is 72.9 Å². The van der Waals surface area contributed by atoms with E-state index < -0.39 is 18.1 Å². The zero-order valence-electron chi connectivity index (χ0n) is 27.8. The fraction of sp³-hybridized carbons (Fsp3) is 0.583. The van der Waals surface area contributed by atoms with Gasteiger partial charge in [0, 0.05) is 19.3 Å². The molecule has 0 aliphatic carbocycles. The maximum Gasteiger partial charge on any atom is 0.306 e. The Labute approximate surface area is 266 Å². The van der Waals surface area contributed by atoms with Crippen LogP contribution in [0.2, 0.25) is 0 Å². The minimum absolute atomic E-state index is 0.00197. The first-order chi connectivity index (χ1) is 21.1. The summed E-state index contributed by atoms with van der Waals surface area (Å²) < 4.78 is 16.8. The fourth-order valence-corrected chi connectivity index (χ4v) is 3.96. The lowest BCUT2D eigenvalue weighted by Crippen LogP contribution is -2.55. The van der Waals surface area contributed by atoms with Gasteiger partial charge in [0.05, 0.1) is 40.3 Å². The molecule has 0 saturated carbocycles. The molecule has 0 aromatic heterocycles. The largest absolute Gasteiger partial charge is 0.544 e. The maximum atomic E-state index is 12.5. The number of hydrogen-bond acceptors (Lipinski definition) is 7. The third kappa shape index (κ3) is 25.3. The summed E-state index contributed by atoms with van der Waals surface area (Å²) in [6.45, 7) is 4.20. The summed E-state index contributed by atoms with van der Waals surface area (Å²) in [5.74, 6) is -1.90. The summed E-state index contributed by atoms with van der Waals surface area (Å²) in [5.41, 5.74) is 0. The van der Waals surface area contributed by atoms with Crippen LogP contribution in [0.15, 0.2) is 72.9 Å². The SMILES string of the molecule is CC/C=C/C=C/C=C/C=C/CCCCCC(=O)OC(COCCC(C(=O)[O-])[N+](C)(C)C)COC(=O)CC/C=C/C/C=C/CC. The number of ether oxygens (including phenoxy) is 3. The summed E-state index contributed by atoms with van der Waals surface area (Å²) in [7, 11) is 5.34. The lowest BCUT2D eigenvalue weighted by Gasteiger charge is -2.34. The van der Waals surface area contributed by atoms with Crippen molar-refractivity contribution >= 4 is 17.9 Å². The molecule has 0 rings (SSSR count). The fourth-order valence-electron chi connectivity index (χ4n) is 3.96. The van der Waals surface area contributed by atoms with Crippen LogP contribution in [-0.4, -0.2) is 75.5 Å². The van der Waals surface area contributed by atoms with Crippen molar-refractivity contribution in [2.24, 2.45) is 0 Å². The average Bonchev–Trinajstić information content (AvgIpc) is 2.96. The monoisotopic (exact) mass is 615 g/mol. The van der Waals surface area contributed by atoms with Crippen LogP contribution in [0.4, 0.5) is 0 Å². The van der Waals surface area contributed by atoms with Gasteiger partial charge >= 0.3 is 11.9 Å². The van der Waals surface area contributed by atoms with Gasteiger partial charge in [-0.1, -0.05) is 93.2 Å². The quantitative estimate of drug-likeness (QED) is 0.0390. The molecule has 0 aromatic carbocycles. The van der Waals surface area contributed by atoms with E-state index in [4.69, 9.17) is 14.2 Å². The van der Waals surface area contributed by atoms with Crippen molar-refractivity contribution in [3.63, 3.8) is 0 Å². The van der Waals surface area contributed by atoms with Gasteiger partial charge in [0.1, 0.15) is 12.6 Å². The van der Waals surface area contributed by atoms with Crippen molar-refractivity contribution in [1.82, 2.24) is 0 Å². The molecule has 8 heteroatoms. The molecule has 0 spiro atoms. The number of hydrogen-bond donors (Lipinski definition) is 0. The number of quaternary nitrogens is 1. The summed E-state index contributed by atoms with van der Waals surface area (Å²) in [6.07, 6.45) is 31.2. The van der Waals surface area contributed by atoms with Crippen LogP contribution in [0.5, 0.6) is 0 Å². The molecule has 0 heterocycles. The number of aliphatic carboxylic acids is 1. The van der Waals surface area contributed by atoms with E-state index in [0.717, 1.165) is 38.5 Å². The van der Waals surface area contributed by atoms with Crippen molar-refractivity contribution in [2.45, 2.75) is 96.6 Å². The Morgan fingerprint density at radius 1 is 0.705 bits per heavy atom. The molecule has 0 aliphatic rings. The van der Waals surface area contributed by atoms with Crippen molar-refractivity contribution in [3.8, 4) is 0 Å². The summed E-state index contributed by atoms with van der Waals surface area (Å²) in [6, 6.07) is -0.741. The Bertz CT molecular complexity index is 954. The normalized spacial score (nSPS) is 14.1. The van der Waals surface area contributed by atoms with Crippen molar-refractivity contribution in [2.75, 3.05) is 41.0 Å². The third-order valence-electron chi connectivity index (χ3n) is 6.45. The van der Waals surface area contributed by atoms with Crippen LogP contribution in [-0.2, 0) is 28.6 Å². The minimum atomic E-state index is -1.15. The molecule has 0 bridgehead atoms. The summed E-state index contributed by atoms with van der Waals surface area (Å²) in [4.78, 5) is 36.3. The lowest BCUT2D eigenvalue weighted by atomic mass is 10.1. The first-order valence-corrected chi connectivity index (χ1v) is 16.0. The van der Waals surface area contributed by atoms with Crippen molar-refractivity contribution < 1.29 is 38.2 Å². The molecular weight excluding hydrogens is 558 g/mol. The molecule has 2 atom stereocenters. The Kier molecular flexibility index (Phi) is 25.3. The van der Waals surface area contributed by atoms with Gasteiger partial charge in [0.15, 0.2) is 6.10 Å². The molecule has 0 radical (unpaired) electrons. The van der Waals surface area contributed by atoms with Crippen LogP contribution in [0.1, 0.15) is 84.5 Å². The van der Waals surface area contributed by atoms with E-state index in [0.29, 0.717) is 12.8 Å². The van der Waals surface area contributed by atoms with E-state index in [1.54, 1.807) is 21.1 Å². The van der Waals surface area contributed by atoms with Gasteiger partial charge in [-0.25, -0.2) is 0 Å². The molecule has 8 nitrogen and oxygen atoms in total. The van der Waals surface area contributed by atoms with Crippen LogP contribution < -0.4 is 5.11 Å². The van der Waals surface area contributed by atoms with E-state index in [-0.39, 0.29) is 55.5 Å². The zero-order chi connectivity index (χ0) is 32.9. The molecular formula is C36H57NO7. The van der Waals surface area contributed by atoms with E-state index >= 15 is 0 Å². The van der Waals surface area contributed by atoms with Gasteiger partial charge in [-0.15, -0.1) is 0 Å². The first-order valence-electron chi connectivity index (χ1n) is 16.0. The van der Waals surface area contributed by atoms with Crippen LogP contribution in [0, 0.1) is 0 Å². The standard InChI is InChI=1S/C36H57NO7/c1-6-8-10-12-14-15-16-17-18-19-21-23-25-27-35(39)44-32(30-42-29-28-33(36(40)41)37(3,4)5)31-43-34(38)26-24-22-20-13-11-9-7-2/h8-12,14-18,20,22,32-33H,6-7,13,19,21,23-31H2,1-5H3/b10-8+,11-9+,14-12+,16-15+,18-17+,22-20+. The predicted octanol–water partition coefficient (Wildman–Crippen LogP) is 5.95. The van der Waals surface area contributed by atoms with Crippen molar-refractivity contribution in [1.29, 1.82) is 0 Å². The molecule has 0 fully saturated rings. The van der Waals surface area contributed by atoms with Crippen LogP contribution in [0.3, 0.4) is 0 Å². The number of nitrogens with zero attached hydrogens (tertiary/aromatic N) is 1. The zero-order valence-corrected chi connectivity index (χ0v) is 27.8. The van der Waals surface area contributed by atoms with Gasteiger partial charge < -0.3 is 28.6 Å². The molecule has 0 aromatic rings. The average molecular weight is 616 g/mol. The highest BCUT2D eigenvalue weighted by molar-refractivity contribution is 5.70. The van der Waals surface area contributed by atoms with Crippen LogP contribution in [0.25, 0.3) is 0 Å². The molecule has 2 unspecified atom stereocenters. The Morgan fingerprint density at radius 3 is 2.02 bits per heavy atom. The Morgan fingerprint density at radius 2 is 1.36 bits per heavy atom. The number of carboxylic acids is 1. The minimum Gasteiger partial charge on any atom is -0.544 e. The number of likely N-dealkylation sites (N-methyl/N-ethyl adjacent to an activating group) is 1. The highest BCUT2D eigenvalue weighted by atomic mass is 16.6. The second kappa shape index (κ2) is 27.3. The number of carbonyl (C=O) groups is 3. The molecule has 0 aliphatic heterocycles. The van der Waals surface area contributed by atoms with Gasteiger partial charge in [0.25, 0.3) is 0 Å². The second-order valence-corrected chi connectivity index (χ2v) is 11.4. The van der Waals surface area contributed by atoms with Gasteiger partial charge in [-0.2, -0.15) is 0 Å². The number of allylic oxidation sites excluding steroid dienone is 12. The van der Waals surface area contributed by atoms with E-state index in [1.807, 2.05) is 48.6 Å².